The molecule has 1 amide bonds. The molecule has 0 heterocycles. The first-order chi connectivity index (χ1) is 9.09. The number of carbonyl (C=O) groups is 1. The lowest BCUT2D eigenvalue weighted by molar-refractivity contribution is -0.138. The number of nitrogens with two attached hydrogens (primary N) is 1. The largest absolute Gasteiger partial charge is 0.338 e. The topological polar surface area (TPSA) is 49.6 Å². The molecule has 2 saturated carbocycles. The molecule has 0 radical (unpaired) electrons. The van der Waals surface area contributed by atoms with Crippen molar-refractivity contribution in [3.05, 3.63) is 0 Å². The average Bonchev–Trinajstić information content (AvgIpc) is 3.00. The molecule has 4 nitrogen and oxygen atoms in total. The van der Waals surface area contributed by atoms with E-state index >= 15 is 0 Å². The zero-order valence-electron chi connectivity index (χ0n) is 12.5. The van der Waals surface area contributed by atoms with E-state index in [0.29, 0.717) is 11.9 Å². The first-order valence-corrected chi connectivity index (χ1v) is 7.80. The van der Waals surface area contributed by atoms with Gasteiger partial charge in [0.2, 0.25) is 5.91 Å². The molecule has 0 aromatic heterocycles. The molecule has 2 unspecified atom stereocenters. The van der Waals surface area contributed by atoms with E-state index in [2.05, 4.69) is 23.9 Å². The van der Waals surface area contributed by atoms with Gasteiger partial charge in [-0.15, -0.1) is 0 Å². The van der Waals surface area contributed by atoms with Crippen molar-refractivity contribution in [2.45, 2.75) is 57.0 Å². The number of likely N-dealkylation sites (N-methyl/N-ethyl adjacent to an activating group) is 1. The lowest BCUT2D eigenvalue weighted by Gasteiger charge is -2.33. The maximum Gasteiger partial charge on any atom is 0.227 e. The summed E-state index contributed by atoms with van der Waals surface area (Å²) in [6, 6.07) is 0.566. The van der Waals surface area contributed by atoms with Gasteiger partial charge in [0.25, 0.3) is 0 Å². The van der Waals surface area contributed by atoms with Crippen molar-refractivity contribution in [3.63, 3.8) is 0 Å². The summed E-state index contributed by atoms with van der Waals surface area (Å²) in [5.41, 5.74) is 6.11. The number of hydrogen-bond donors (Lipinski definition) is 1. The standard InChI is InChI=1S/C15H29N3O/c1-17(2)10-11-18(12-6-3-4-7-12)15(19)13-8-5-9-14(13)16/h12-14H,3-11,16H2,1-2H3. The molecule has 2 aliphatic rings. The lowest BCUT2D eigenvalue weighted by Crippen LogP contribution is -2.48. The molecule has 0 bridgehead atoms. The highest BCUT2D eigenvalue weighted by molar-refractivity contribution is 5.80. The molecule has 0 aliphatic heterocycles. The van der Waals surface area contributed by atoms with Gasteiger partial charge in [-0.05, 0) is 39.8 Å². The van der Waals surface area contributed by atoms with Crippen LogP contribution in [0.5, 0.6) is 0 Å². The van der Waals surface area contributed by atoms with Crippen LogP contribution in [0.15, 0.2) is 0 Å². The van der Waals surface area contributed by atoms with Crippen LogP contribution in [0, 0.1) is 5.92 Å². The molecule has 0 spiro atoms. The van der Waals surface area contributed by atoms with Gasteiger partial charge in [0.05, 0.1) is 5.92 Å². The van der Waals surface area contributed by atoms with Gasteiger partial charge in [0, 0.05) is 25.2 Å². The normalized spacial score (nSPS) is 28.2. The SMILES string of the molecule is CN(C)CCN(C(=O)C1CCCC1N)C1CCCC1. The van der Waals surface area contributed by atoms with Crippen LogP contribution in [0.4, 0.5) is 0 Å². The van der Waals surface area contributed by atoms with E-state index in [4.69, 9.17) is 5.73 Å². The van der Waals surface area contributed by atoms with Crippen LogP contribution < -0.4 is 5.73 Å². The van der Waals surface area contributed by atoms with Gasteiger partial charge >= 0.3 is 0 Å². The van der Waals surface area contributed by atoms with Gasteiger partial charge in [-0.25, -0.2) is 0 Å². The van der Waals surface area contributed by atoms with Gasteiger partial charge in [0.1, 0.15) is 0 Å². The molecular formula is C15H29N3O. The maximum absolute atomic E-state index is 12.8. The summed E-state index contributed by atoms with van der Waals surface area (Å²) in [7, 11) is 4.14. The summed E-state index contributed by atoms with van der Waals surface area (Å²) in [6.45, 7) is 1.81. The Hall–Kier alpha value is -0.610. The van der Waals surface area contributed by atoms with Gasteiger partial charge in [0.15, 0.2) is 0 Å². The molecule has 4 heteroatoms. The van der Waals surface area contributed by atoms with Crippen molar-refractivity contribution in [1.29, 1.82) is 0 Å². The summed E-state index contributed by atoms with van der Waals surface area (Å²) in [5.74, 6) is 0.418. The molecular weight excluding hydrogens is 238 g/mol. The molecule has 0 aromatic carbocycles. The monoisotopic (exact) mass is 267 g/mol. The summed E-state index contributed by atoms with van der Waals surface area (Å²) in [6.07, 6.45) is 8.03. The van der Waals surface area contributed by atoms with Crippen LogP contribution in [0.25, 0.3) is 0 Å². The van der Waals surface area contributed by atoms with Gasteiger partial charge in [-0.1, -0.05) is 19.3 Å². The van der Waals surface area contributed by atoms with Crippen molar-refractivity contribution in [2.75, 3.05) is 27.2 Å². The summed E-state index contributed by atoms with van der Waals surface area (Å²) >= 11 is 0. The molecule has 2 rings (SSSR count). The highest BCUT2D eigenvalue weighted by Crippen LogP contribution is 2.30. The van der Waals surface area contributed by atoms with Crippen LogP contribution >= 0.6 is 0 Å². The third-order valence-electron chi connectivity index (χ3n) is 4.72. The minimum atomic E-state index is 0.0859. The Morgan fingerprint density at radius 3 is 2.26 bits per heavy atom. The zero-order chi connectivity index (χ0) is 13.8. The van der Waals surface area contributed by atoms with Crippen molar-refractivity contribution in [1.82, 2.24) is 9.80 Å². The fourth-order valence-electron chi connectivity index (χ4n) is 3.50. The highest BCUT2D eigenvalue weighted by Gasteiger charge is 2.36. The minimum absolute atomic E-state index is 0.0859. The van der Waals surface area contributed by atoms with Gasteiger partial charge < -0.3 is 15.5 Å². The van der Waals surface area contributed by atoms with E-state index in [0.717, 1.165) is 32.4 Å². The summed E-state index contributed by atoms with van der Waals surface area (Å²) in [4.78, 5) is 17.1. The van der Waals surface area contributed by atoms with E-state index in [1.165, 1.54) is 25.7 Å². The second-order valence-corrected chi connectivity index (χ2v) is 6.47. The lowest BCUT2D eigenvalue weighted by atomic mass is 10.0. The Bertz CT molecular complexity index is 300. The van der Waals surface area contributed by atoms with E-state index in [1.54, 1.807) is 0 Å². The van der Waals surface area contributed by atoms with Crippen molar-refractivity contribution in [3.8, 4) is 0 Å². The quantitative estimate of drug-likeness (QED) is 0.820. The molecule has 2 N–H and O–H groups in total. The fraction of sp³-hybridized carbons (Fsp3) is 0.933. The molecule has 2 fully saturated rings. The smallest absolute Gasteiger partial charge is 0.227 e. The molecule has 0 aromatic rings. The average molecular weight is 267 g/mol. The number of amides is 1. The molecule has 2 aliphatic carbocycles. The third-order valence-corrected chi connectivity index (χ3v) is 4.72. The second-order valence-electron chi connectivity index (χ2n) is 6.47. The molecule has 2 atom stereocenters. The van der Waals surface area contributed by atoms with Crippen LogP contribution in [-0.4, -0.2) is 55.0 Å². The van der Waals surface area contributed by atoms with Crippen LogP contribution in [-0.2, 0) is 4.79 Å². The second kappa shape index (κ2) is 6.71. The number of carbonyl (C=O) groups excluding carboxylic acids is 1. The Labute approximate surface area is 117 Å². The molecule has 19 heavy (non-hydrogen) atoms. The third kappa shape index (κ3) is 3.69. The van der Waals surface area contributed by atoms with Crippen LogP contribution in [0.3, 0.4) is 0 Å². The predicted octanol–water partition coefficient (Wildman–Crippen LogP) is 1.45. The fourth-order valence-corrected chi connectivity index (χ4v) is 3.50. The Morgan fingerprint density at radius 2 is 1.74 bits per heavy atom. The van der Waals surface area contributed by atoms with Gasteiger partial charge in [-0.2, -0.15) is 0 Å². The predicted molar refractivity (Wildman–Crippen MR) is 77.8 cm³/mol. The van der Waals surface area contributed by atoms with Crippen LogP contribution in [0.2, 0.25) is 0 Å². The number of rotatable bonds is 5. The van der Waals surface area contributed by atoms with E-state index in [-0.39, 0.29) is 12.0 Å². The van der Waals surface area contributed by atoms with Gasteiger partial charge in [-0.3, -0.25) is 4.79 Å². The highest BCUT2D eigenvalue weighted by atomic mass is 16.2. The van der Waals surface area contributed by atoms with Crippen molar-refractivity contribution >= 4 is 5.91 Å². The minimum Gasteiger partial charge on any atom is -0.338 e. The number of nitrogens with zero attached hydrogens (tertiary/aromatic N) is 2. The van der Waals surface area contributed by atoms with Crippen molar-refractivity contribution in [2.24, 2.45) is 11.7 Å². The van der Waals surface area contributed by atoms with Crippen molar-refractivity contribution < 1.29 is 4.79 Å². The Balaban J connectivity index is 2.00. The van der Waals surface area contributed by atoms with E-state index in [1.807, 2.05) is 0 Å². The van der Waals surface area contributed by atoms with E-state index < -0.39 is 0 Å². The zero-order valence-corrected chi connectivity index (χ0v) is 12.5. The summed E-state index contributed by atoms with van der Waals surface area (Å²) < 4.78 is 0. The molecule has 0 saturated heterocycles. The number of hydrogen-bond acceptors (Lipinski definition) is 3. The first kappa shape index (κ1) is 14.8. The Kier molecular flexibility index (Phi) is 5.22. The Morgan fingerprint density at radius 1 is 1.05 bits per heavy atom. The maximum atomic E-state index is 12.8. The summed E-state index contributed by atoms with van der Waals surface area (Å²) in [5, 5.41) is 0. The van der Waals surface area contributed by atoms with Crippen LogP contribution in [0.1, 0.15) is 44.9 Å². The molecule has 110 valence electrons. The van der Waals surface area contributed by atoms with E-state index in [9.17, 15) is 4.79 Å². The first-order valence-electron chi connectivity index (χ1n) is 7.80.